The zero-order chi connectivity index (χ0) is 13.8. The van der Waals surface area contributed by atoms with Crippen molar-refractivity contribution in [2.45, 2.75) is 0 Å². The van der Waals surface area contributed by atoms with E-state index in [1.807, 2.05) is 0 Å². The highest BCUT2D eigenvalue weighted by molar-refractivity contribution is 6.42. The lowest BCUT2D eigenvalue weighted by atomic mass is 10.2. The van der Waals surface area contributed by atoms with Crippen LogP contribution in [-0.4, -0.2) is 21.9 Å². The molecule has 1 amide bonds. The third kappa shape index (κ3) is 3.33. The van der Waals surface area contributed by atoms with Crippen molar-refractivity contribution in [2.75, 3.05) is 0 Å². The zero-order valence-corrected chi connectivity index (χ0v) is 11.5. The molecule has 2 aromatic rings. The Morgan fingerprint density at radius 3 is 2.79 bits per heavy atom. The summed E-state index contributed by atoms with van der Waals surface area (Å²) in [5.41, 5.74) is 3.56. The highest BCUT2D eigenvalue weighted by Gasteiger charge is 2.06. The minimum Gasteiger partial charge on any atom is -0.267 e. The van der Waals surface area contributed by atoms with Gasteiger partial charge in [-0.1, -0.05) is 23.2 Å². The normalized spacial score (nSPS) is 10.9. The van der Waals surface area contributed by atoms with Crippen LogP contribution in [0.2, 0.25) is 10.0 Å². The van der Waals surface area contributed by atoms with Gasteiger partial charge in [-0.15, -0.1) is 0 Å². The quantitative estimate of drug-likeness (QED) is 0.699. The predicted molar refractivity (Wildman–Crippen MR) is 74.7 cm³/mol. The molecule has 19 heavy (non-hydrogen) atoms. The molecule has 0 spiro atoms. The average molecular weight is 297 g/mol. The third-order valence-corrected chi connectivity index (χ3v) is 3.14. The van der Waals surface area contributed by atoms with E-state index in [1.54, 1.807) is 36.1 Å². The van der Waals surface area contributed by atoms with Crippen molar-refractivity contribution in [3.8, 4) is 0 Å². The number of benzene rings is 1. The van der Waals surface area contributed by atoms with Crippen molar-refractivity contribution < 1.29 is 4.79 Å². The molecule has 1 heterocycles. The van der Waals surface area contributed by atoms with Gasteiger partial charge in [-0.05, 0) is 24.3 Å². The fourth-order valence-corrected chi connectivity index (χ4v) is 1.67. The molecule has 0 atom stereocenters. The van der Waals surface area contributed by atoms with Crippen LogP contribution in [0.3, 0.4) is 0 Å². The van der Waals surface area contributed by atoms with Crippen LogP contribution in [0.25, 0.3) is 0 Å². The first-order chi connectivity index (χ1) is 9.08. The molecular formula is C12H10Cl2N4O. The fraction of sp³-hybridized carbons (Fsp3) is 0.0833. The Morgan fingerprint density at radius 1 is 1.37 bits per heavy atom. The maximum Gasteiger partial charge on any atom is 0.271 e. The van der Waals surface area contributed by atoms with Crippen LogP contribution >= 0.6 is 23.2 Å². The van der Waals surface area contributed by atoms with E-state index in [9.17, 15) is 4.79 Å². The number of hydrogen-bond acceptors (Lipinski definition) is 3. The number of nitrogens with zero attached hydrogens (tertiary/aromatic N) is 3. The first-order valence-electron chi connectivity index (χ1n) is 5.34. The van der Waals surface area contributed by atoms with Gasteiger partial charge in [0.15, 0.2) is 0 Å². The van der Waals surface area contributed by atoms with Gasteiger partial charge < -0.3 is 0 Å². The molecule has 1 aromatic carbocycles. The van der Waals surface area contributed by atoms with Gasteiger partial charge in [-0.2, -0.15) is 10.2 Å². The lowest BCUT2D eigenvalue weighted by molar-refractivity contribution is 0.0955. The summed E-state index contributed by atoms with van der Waals surface area (Å²) < 4.78 is 1.63. The molecule has 0 aliphatic carbocycles. The molecule has 5 nitrogen and oxygen atoms in total. The molecule has 0 aliphatic heterocycles. The van der Waals surface area contributed by atoms with Crippen molar-refractivity contribution in [2.24, 2.45) is 12.1 Å². The Labute approximate surface area is 119 Å². The number of rotatable bonds is 3. The number of hydrogen-bond donors (Lipinski definition) is 1. The molecule has 0 unspecified atom stereocenters. The van der Waals surface area contributed by atoms with Crippen LogP contribution in [0.5, 0.6) is 0 Å². The topological polar surface area (TPSA) is 59.3 Å². The van der Waals surface area contributed by atoms with Crippen LogP contribution in [0.15, 0.2) is 35.6 Å². The Balaban J connectivity index is 2.03. The van der Waals surface area contributed by atoms with Gasteiger partial charge in [0.25, 0.3) is 5.91 Å². The van der Waals surface area contributed by atoms with Crippen molar-refractivity contribution in [1.82, 2.24) is 15.2 Å². The lowest BCUT2D eigenvalue weighted by Gasteiger charge is -2.01. The molecule has 7 heteroatoms. The van der Waals surface area contributed by atoms with E-state index in [4.69, 9.17) is 23.2 Å². The summed E-state index contributed by atoms with van der Waals surface area (Å²) in [6, 6.07) is 6.39. The summed E-state index contributed by atoms with van der Waals surface area (Å²) in [5.74, 6) is -0.364. The standard InChI is InChI=1S/C12H10Cl2N4O/c1-18-9(4-5-16-18)7-15-17-12(19)8-2-3-10(13)11(14)6-8/h2-7H,1H3,(H,17,19). The van der Waals surface area contributed by atoms with E-state index in [0.29, 0.717) is 15.6 Å². The van der Waals surface area contributed by atoms with E-state index in [-0.39, 0.29) is 5.91 Å². The number of hydrazone groups is 1. The lowest BCUT2D eigenvalue weighted by Crippen LogP contribution is -2.17. The highest BCUT2D eigenvalue weighted by atomic mass is 35.5. The molecular weight excluding hydrogens is 287 g/mol. The zero-order valence-electron chi connectivity index (χ0n) is 9.97. The van der Waals surface area contributed by atoms with Crippen LogP contribution < -0.4 is 5.43 Å². The monoisotopic (exact) mass is 296 g/mol. The first kappa shape index (κ1) is 13.6. The van der Waals surface area contributed by atoms with Gasteiger partial charge in [-0.25, -0.2) is 5.43 Å². The van der Waals surface area contributed by atoms with Crippen LogP contribution in [0.1, 0.15) is 16.1 Å². The molecule has 0 saturated heterocycles. The maximum absolute atomic E-state index is 11.8. The van der Waals surface area contributed by atoms with Crippen LogP contribution in [0, 0.1) is 0 Å². The second-order valence-corrected chi connectivity index (χ2v) is 4.52. The summed E-state index contributed by atoms with van der Waals surface area (Å²) in [5, 5.41) is 8.54. The number of amides is 1. The van der Waals surface area contributed by atoms with Gasteiger partial charge in [0.1, 0.15) is 0 Å². The van der Waals surface area contributed by atoms with E-state index in [2.05, 4.69) is 15.6 Å². The number of carbonyl (C=O) groups is 1. The third-order valence-electron chi connectivity index (χ3n) is 2.40. The van der Waals surface area contributed by atoms with Crippen molar-refractivity contribution in [3.05, 3.63) is 51.8 Å². The Morgan fingerprint density at radius 2 is 2.16 bits per heavy atom. The first-order valence-corrected chi connectivity index (χ1v) is 6.10. The van der Waals surface area contributed by atoms with E-state index in [1.165, 1.54) is 12.3 Å². The van der Waals surface area contributed by atoms with Gasteiger partial charge in [0.05, 0.1) is 22.0 Å². The Bertz CT molecular complexity index is 636. The molecule has 0 aliphatic rings. The molecule has 1 N–H and O–H groups in total. The molecule has 0 bridgehead atoms. The number of carbonyl (C=O) groups excluding carboxylic acids is 1. The second kappa shape index (κ2) is 5.86. The molecule has 0 radical (unpaired) electrons. The van der Waals surface area contributed by atoms with Crippen molar-refractivity contribution >= 4 is 35.3 Å². The number of aryl methyl sites for hydroxylation is 1. The summed E-state index contributed by atoms with van der Waals surface area (Å²) in [6.45, 7) is 0. The SMILES string of the molecule is Cn1nccc1C=NNC(=O)c1ccc(Cl)c(Cl)c1. The van der Waals surface area contributed by atoms with Gasteiger partial charge >= 0.3 is 0 Å². The number of aromatic nitrogens is 2. The minimum atomic E-state index is -0.364. The highest BCUT2D eigenvalue weighted by Crippen LogP contribution is 2.22. The summed E-state index contributed by atoms with van der Waals surface area (Å²) in [7, 11) is 1.78. The summed E-state index contributed by atoms with van der Waals surface area (Å²) in [4.78, 5) is 11.8. The van der Waals surface area contributed by atoms with E-state index in [0.717, 1.165) is 5.69 Å². The minimum absolute atomic E-state index is 0.324. The smallest absolute Gasteiger partial charge is 0.267 e. The van der Waals surface area contributed by atoms with Gasteiger partial charge in [0, 0.05) is 18.8 Å². The van der Waals surface area contributed by atoms with Gasteiger partial charge in [0.2, 0.25) is 0 Å². The van der Waals surface area contributed by atoms with Crippen LogP contribution in [-0.2, 0) is 7.05 Å². The number of halogens is 2. The van der Waals surface area contributed by atoms with Crippen molar-refractivity contribution in [1.29, 1.82) is 0 Å². The molecule has 1 aromatic heterocycles. The maximum atomic E-state index is 11.8. The summed E-state index contributed by atoms with van der Waals surface area (Å²) in [6.07, 6.45) is 3.14. The summed E-state index contributed by atoms with van der Waals surface area (Å²) >= 11 is 11.6. The Hall–Kier alpha value is -1.85. The molecule has 2 rings (SSSR count). The molecule has 98 valence electrons. The fourth-order valence-electron chi connectivity index (χ4n) is 1.37. The van der Waals surface area contributed by atoms with E-state index < -0.39 is 0 Å². The largest absolute Gasteiger partial charge is 0.271 e. The van der Waals surface area contributed by atoms with E-state index >= 15 is 0 Å². The van der Waals surface area contributed by atoms with Crippen molar-refractivity contribution in [3.63, 3.8) is 0 Å². The Kier molecular flexibility index (Phi) is 4.19. The second-order valence-electron chi connectivity index (χ2n) is 3.71. The van der Waals surface area contributed by atoms with Gasteiger partial charge in [-0.3, -0.25) is 9.48 Å². The number of nitrogens with one attached hydrogen (secondary N) is 1. The average Bonchev–Trinajstić information content (AvgIpc) is 2.78. The molecule has 0 saturated carbocycles. The molecule has 0 fully saturated rings. The predicted octanol–water partition coefficient (Wildman–Crippen LogP) is 2.49. The van der Waals surface area contributed by atoms with Crippen LogP contribution in [0.4, 0.5) is 0 Å².